The van der Waals surface area contributed by atoms with E-state index in [1.54, 1.807) is 14.2 Å². The van der Waals surface area contributed by atoms with Gasteiger partial charge in [0.05, 0.1) is 20.3 Å². The Kier molecular flexibility index (Phi) is 7.50. The minimum atomic E-state index is 0.630. The molecule has 0 fully saturated rings. The number of ether oxygens (including phenoxy) is 2. The van der Waals surface area contributed by atoms with Crippen molar-refractivity contribution in [1.82, 2.24) is 10.2 Å². The van der Waals surface area contributed by atoms with E-state index < -0.39 is 0 Å². The molecule has 20 heavy (non-hydrogen) atoms. The number of methoxy groups -OCH3 is 2. The van der Waals surface area contributed by atoms with Crippen LogP contribution in [0.5, 0.6) is 5.75 Å². The van der Waals surface area contributed by atoms with Gasteiger partial charge in [0.1, 0.15) is 5.75 Å². The van der Waals surface area contributed by atoms with E-state index in [2.05, 4.69) is 34.3 Å². The summed E-state index contributed by atoms with van der Waals surface area (Å²) in [6.07, 6.45) is 0. The second-order valence-electron chi connectivity index (χ2n) is 4.43. The van der Waals surface area contributed by atoms with E-state index >= 15 is 0 Å². The SMILES string of the molecule is CCNC(=NCCOC)N(C)Cc1ccc(OC)cc1. The predicted octanol–water partition coefficient (Wildman–Crippen LogP) is 1.74. The molecule has 1 rings (SSSR count). The van der Waals surface area contributed by atoms with Gasteiger partial charge in [-0.1, -0.05) is 12.1 Å². The maximum Gasteiger partial charge on any atom is 0.194 e. The van der Waals surface area contributed by atoms with E-state index in [1.165, 1.54) is 5.56 Å². The van der Waals surface area contributed by atoms with Gasteiger partial charge in [-0.3, -0.25) is 4.99 Å². The molecular formula is C15H25N3O2. The van der Waals surface area contributed by atoms with Gasteiger partial charge in [0.25, 0.3) is 0 Å². The first kappa shape index (κ1) is 16.3. The lowest BCUT2D eigenvalue weighted by Crippen LogP contribution is -2.38. The number of benzene rings is 1. The Morgan fingerprint density at radius 3 is 2.50 bits per heavy atom. The van der Waals surface area contributed by atoms with Crippen LogP contribution in [0.1, 0.15) is 12.5 Å². The van der Waals surface area contributed by atoms with Crippen LogP contribution in [0.15, 0.2) is 29.3 Å². The minimum absolute atomic E-state index is 0.630. The number of nitrogens with zero attached hydrogens (tertiary/aromatic N) is 2. The zero-order chi connectivity index (χ0) is 14.8. The topological polar surface area (TPSA) is 46.1 Å². The first-order chi connectivity index (χ1) is 9.71. The summed E-state index contributed by atoms with van der Waals surface area (Å²) in [5, 5.41) is 3.28. The van der Waals surface area contributed by atoms with Crippen molar-refractivity contribution in [2.24, 2.45) is 4.99 Å². The van der Waals surface area contributed by atoms with Crippen molar-refractivity contribution in [2.45, 2.75) is 13.5 Å². The largest absolute Gasteiger partial charge is 0.497 e. The molecule has 5 heteroatoms. The van der Waals surface area contributed by atoms with Gasteiger partial charge in [-0.15, -0.1) is 0 Å². The Bertz CT molecular complexity index is 404. The third-order valence-electron chi connectivity index (χ3n) is 2.83. The predicted molar refractivity (Wildman–Crippen MR) is 82.3 cm³/mol. The highest BCUT2D eigenvalue weighted by Crippen LogP contribution is 2.12. The molecule has 0 heterocycles. The zero-order valence-electron chi connectivity index (χ0n) is 12.8. The van der Waals surface area contributed by atoms with Crippen molar-refractivity contribution in [1.29, 1.82) is 0 Å². The van der Waals surface area contributed by atoms with Crippen LogP contribution in [0.2, 0.25) is 0 Å². The molecule has 0 aliphatic carbocycles. The summed E-state index contributed by atoms with van der Waals surface area (Å²) in [6, 6.07) is 8.07. The quantitative estimate of drug-likeness (QED) is 0.469. The normalized spacial score (nSPS) is 11.3. The van der Waals surface area contributed by atoms with Gasteiger partial charge < -0.3 is 19.7 Å². The van der Waals surface area contributed by atoms with Crippen LogP contribution in [0.4, 0.5) is 0 Å². The number of guanidine groups is 1. The summed E-state index contributed by atoms with van der Waals surface area (Å²) in [6.45, 7) is 4.99. The molecule has 112 valence electrons. The molecule has 0 bridgehead atoms. The van der Waals surface area contributed by atoms with Gasteiger partial charge in [0.2, 0.25) is 0 Å². The molecule has 1 aromatic carbocycles. The lowest BCUT2D eigenvalue weighted by molar-refractivity contribution is 0.207. The number of rotatable bonds is 7. The average molecular weight is 279 g/mol. The maximum atomic E-state index is 5.16. The summed E-state index contributed by atoms with van der Waals surface area (Å²) in [5.41, 5.74) is 1.21. The molecule has 5 nitrogen and oxygen atoms in total. The van der Waals surface area contributed by atoms with Crippen LogP contribution >= 0.6 is 0 Å². The minimum Gasteiger partial charge on any atom is -0.497 e. The third-order valence-corrected chi connectivity index (χ3v) is 2.83. The van der Waals surface area contributed by atoms with Crippen molar-refractivity contribution in [3.63, 3.8) is 0 Å². The van der Waals surface area contributed by atoms with Gasteiger partial charge in [0, 0.05) is 27.2 Å². The first-order valence-corrected chi connectivity index (χ1v) is 6.82. The zero-order valence-corrected chi connectivity index (χ0v) is 12.8. The highest BCUT2D eigenvalue weighted by molar-refractivity contribution is 5.79. The molecule has 0 saturated carbocycles. The molecule has 0 unspecified atom stereocenters. The Morgan fingerprint density at radius 2 is 1.95 bits per heavy atom. The number of nitrogens with one attached hydrogen (secondary N) is 1. The van der Waals surface area contributed by atoms with Gasteiger partial charge in [-0.25, -0.2) is 0 Å². The molecule has 0 atom stereocenters. The fraction of sp³-hybridized carbons (Fsp3) is 0.533. The highest BCUT2D eigenvalue weighted by atomic mass is 16.5. The van der Waals surface area contributed by atoms with Crippen LogP contribution < -0.4 is 10.1 Å². The Labute approximate surface area is 121 Å². The Hall–Kier alpha value is -1.75. The smallest absolute Gasteiger partial charge is 0.194 e. The lowest BCUT2D eigenvalue weighted by Gasteiger charge is -2.22. The van der Waals surface area contributed by atoms with Crippen molar-refractivity contribution in [2.75, 3.05) is 41.0 Å². The van der Waals surface area contributed by atoms with Crippen molar-refractivity contribution >= 4 is 5.96 Å². The van der Waals surface area contributed by atoms with E-state index in [0.29, 0.717) is 13.2 Å². The number of hydrogen-bond acceptors (Lipinski definition) is 3. The molecule has 1 aromatic rings. The number of aliphatic imine (C=N–C) groups is 1. The van der Waals surface area contributed by atoms with Crippen molar-refractivity contribution < 1.29 is 9.47 Å². The maximum absolute atomic E-state index is 5.16. The van der Waals surface area contributed by atoms with E-state index in [-0.39, 0.29) is 0 Å². The molecular weight excluding hydrogens is 254 g/mol. The summed E-state index contributed by atoms with van der Waals surface area (Å²) >= 11 is 0. The molecule has 0 aromatic heterocycles. The van der Waals surface area contributed by atoms with Crippen LogP contribution in [-0.4, -0.2) is 51.8 Å². The van der Waals surface area contributed by atoms with Crippen LogP contribution in [0, 0.1) is 0 Å². The van der Waals surface area contributed by atoms with E-state index in [1.807, 2.05) is 19.2 Å². The van der Waals surface area contributed by atoms with Crippen LogP contribution in [0.25, 0.3) is 0 Å². The molecule has 1 N–H and O–H groups in total. The van der Waals surface area contributed by atoms with E-state index in [9.17, 15) is 0 Å². The van der Waals surface area contributed by atoms with E-state index in [0.717, 1.165) is 24.8 Å². The second-order valence-corrected chi connectivity index (χ2v) is 4.43. The summed E-state index contributed by atoms with van der Waals surface area (Å²) in [5.74, 6) is 1.76. The second kappa shape index (κ2) is 9.20. The Morgan fingerprint density at radius 1 is 1.25 bits per heavy atom. The lowest BCUT2D eigenvalue weighted by atomic mass is 10.2. The monoisotopic (exact) mass is 279 g/mol. The molecule has 0 aliphatic rings. The molecule has 0 amide bonds. The van der Waals surface area contributed by atoms with Crippen molar-refractivity contribution in [3.8, 4) is 5.75 Å². The summed E-state index contributed by atoms with van der Waals surface area (Å²) in [7, 11) is 5.38. The van der Waals surface area contributed by atoms with Gasteiger partial charge in [0.15, 0.2) is 5.96 Å². The van der Waals surface area contributed by atoms with Gasteiger partial charge in [-0.05, 0) is 24.6 Å². The van der Waals surface area contributed by atoms with E-state index in [4.69, 9.17) is 9.47 Å². The van der Waals surface area contributed by atoms with Gasteiger partial charge >= 0.3 is 0 Å². The summed E-state index contributed by atoms with van der Waals surface area (Å²) < 4.78 is 10.2. The third kappa shape index (κ3) is 5.48. The number of hydrogen-bond donors (Lipinski definition) is 1. The summed E-state index contributed by atoms with van der Waals surface area (Å²) in [4.78, 5) is 6.61. The van der Waals surface area contributed by atoms with Crippen molar-refractivity contribution in [3.05, 3.63) is 29.8 Å². The molecule has 0 aliphatic heterocycles. The average Bonchev–Trinajstić information content (AvgIpc) is 2.47. The van der Waals surface area contributed by atoms with Gasteiger partial charge in [-0.2, -0.15) is 0 Å². The van der Waals surface area contributed by atoms with Crippen LogP contribution in [-0.2, 0) is 11.3 Å². The standard InChI is InChI=1S/C15H25N3O2/c1-5-16-15(17-10-11-19-3)18(2)12-13-6-8-14(20-4)9-7-13/h6-9H,5,10-12H2,1-4H3,(H,16,17). The molecule has 0 spiro atoms. The van der Waals surface area contributed by atoms with Crippen LogP contribution in [0.3, 0.4) is 0 Å². The fourth-order valence-corrected chi connectivity index (χ4v) is 1.79. The Balaban J connectivity index is 2.63. The fourth-order valence-electron chi connectivity index (χ4n) is 1.79. The first-order valence-electron chi connectivity index (χ1n) is 6.82. The molecule has 0 saturated heterocycles. The molecule has 0 radical (unpaired) electrons. The highest BCUT2D eigenvalue weighted by Gasteiger charge is 2.06.